The summed E-state index contributed by atoms with van der Waals surface area (Å²) in [7, 11) is 0. The first-order chi connectivity index (χ1) is 12.7. The van der Waals surface area contributed by atoms with Gasteiger partial charge in [-0.2, -0.15) is 0 Å². The molecule has 0 bridgehead atoms. The lowest BCUT2D eigenvalue weighted by Gasteiger charge is -2.41. The molecule has 2 aromatic rings. The van der Waals surface area contributed by atoms with Gasteiger partial charge in [0.15, 0.2) is 0 Å². The number of pyridine rings is 1. The van der Waals surface area contributed by atoms with Gasteiger partial charge in [-0.25, -0.2) is 0 Å². The summed E-state index contributed by atoms with van der Waals surface area (Å²) in [6, 6.07) is 11.8. The van der Waals surface area contributed by atoms with E-state index in [4.69, 9.17) is 16.3 Å². The molecular formula is C21H23ClN2O2. The molecule has 2 heterocycles. The van der Waals surface area contributed by atoms with E-state index in [0.717, 1.165) is 31.2 Å². The van der Waals surface area contributed by atoms with Crippen LogP contribution in [0.5, 0.6) is 0 Å². The molecule has 0 spiro atoms. The van der Waals surface area contributed by atoms with Gasteiger partial charge in [-0.1, -0.05) is 30.2 Å². The monoisotopic (exact) mass is 370 g/mol. The molecule has 5 heteroatoms. The van der Waals surface area contributed by atoms with Gasteiger partial charge >= 0.3 is 0 Å². The fourth-order valence-electron chi connectivity index (χ4n) is 4.03. The van der Waals surface area contributed by atoms with Crippen molar-refractivity contribution in [1.29, 1.82) is 0 Å². The quantitative estimate of drug-likeness (QED) is 0.875. The molecule has 1 saturated heterocycles. The van der Waals surface area contributed by atoms with Crippen molar-refractivity contribution in [1.82, 2.24) is 10.3 Å². The SMILES string of the molecule is O=C(N[C@@H]1COC[C@H]1Cc1ccncc1)C1(c2ccc(Cl)cc2)CCC1. The van der Waals surface area contributed by atoms with E-state index in [0.29, 0.717) is 24.2 Å². The molecule has 1 N–H and O–H groups in total. The van der Waals surface area contributed by atoms with Crippen molar-refractivity contribution in [3.05, 3.63) is 64.9 Å². The van der Waals surface area contributed by atoms with Crippen molar-refractivity contribution < 1.29 is 9.53 Å². The van der Waals surface area contributed by atoms with Gasteiger partial charge in [0, 0.05) is 23.3 Å². The van der Waals surface area contributed by atoms with Crippen LogP contribution in [0.2, 0.25) is 5.02 Å². The molecule has 2 aliphatic rings. The number of hydrogen-bond donors (Lipinski definition) is 1. The van der Waals surface area contributed by atoms with E-state index < -0.39 is 5.41 Å². The molecule has 4 rings (SSSR count). The average Bonchev–Trinajstić information content (AvgIpc) is 3.03. The van der Waals surface area contributed by atoms with Crippen LogP contribution in [-0.2, 0) is 21.4 Å². The Balaban J connectivity index is 1.47. The Hall–Kier alpha value is -1.91. The molecule has 4 nitrogen and oxygen atoms in total. The van der Waals surface area contributed by atoms with Gasteiger partial charge in [0.2, 0.25) is 5.91 Å². The molecule has 136 valence electrons. The van der Waals surface area contributed by atoms with Crippen LogP contribution < -0.4 is 5.32 Å². The third-order valence-corrected chi connectivity index (χ3v) is 6.05. The van der Waals surface area contributed by atoms with E-state index in [2.05, 4.69) is 10.3 Å². The number of rotatable bonds is 5. The molecule has 1 amide bonds. The maximum absolute atomic E-state index is 13.2. The van der Waals surface area contributed by atoms with Crippen LogP contribution >= 0.6 is 11.6 Å². The highest BCUT2D eigenvalue weighted by molar-refractivity contribution is 6.30. The zero-order chi connectivity index (χ0) is 18.0. The molecule has 0 radical (unpaired) electrons. The van der Waals surface area contributed by atoms with Crippen LogP contribution in [0, 0.1) is 5.92 Å². The predicted octanol–water partition coefficient (Wildman–Crippen LogP) is 3.53. The van der Waals surface area contributed by atoms with Crippen molar-refractivity contribution in [2.75, 3.05) is 13.2 Å². The zero-order valence-electron chi connectivity index (χ0n) is 14.7. The van der Waals surface area contributed by atoms with Gasteiger partial charge in [-0.3, -0.25) is 9.78 Å². The summed E-state index contributed by atoms with van der Waals surface area (Å²) < 4.78 is 5.68. The number of hydrogen-bond acceptors (Lipinski definition) is 3. The first-order valence-corrected chi connectivity index (χ1v) is 9.59. The Bertz CT molecular complexity index is 759. The van der Waals surface area contributed by atoms with Gasteiger partial charge in [0.05, 0.1) is 24.7 Å². The van der Waals surface area contributed by atoms with Crippen molar-refractivity contribution in [3.8, 4) is 0 Å². The van der Waals surface area contributed by atoms with Crippen molar-refractivity contribution in [2.45, 2.75) is 37.1 Å². The number of benzene rings is 1. The van der Waals surface area contributed by atoms with Crippen LogP contribution in [0.3, 0.4) is 0 Å². The van der Waals surface area contributed by atoms with E-state index in [1.807, 2.05) is 48.8 Å². The number of nitrogens with one attached hydrogen (secondary N) is 1. The van der Waals surface area contributed by atoms with Crippen LogP contribution in [0.15, 0.2) is 48.8 Å². The minimum atomic E-state index is -0.408. The summed E-state index contributed by atoms with van der Waals surface area (Å²) in [5.41, 5.74) is 1.88. The highest BCUT2D eigenvalue weighted by Gasteiger charge is 2.47. The number of ether oxygens (including phenoxy) is 1. The molecule has 2 fully saturated rings. The van der Waals surface area contributed by atoms with Gasteiger partial charge in [-0.05, 0) is 54.7 Å². The Kier molecular flexibility index (Phi) is 4.96. The van der Waals surface area contributed by atoms with Gasteiger partial charge in [0.25, 0.3) is 0 Å². The number of halogens is 1. The summed E-state index contributed by atoms with van der Waals surface area (Å²) in [6.07, 6.45) is 7.37. The smallest absolute Gasteiger partial charge is 0.230 e. The van der Waals surface area contributed by atoms with Crippen LogP contribution in [0.4, 0.5) is 0 Å². The van der Waals surface area contributed by atoms with Crippen molar-refractivity contribution in [2.24, 2.45) is 5.92 Å². The van der Waals surface area contributed by atoms with Crippen LogP contribution in [0.25, 0.3) is 0 Å². The highest BCUT2D eigenvalue weighted by atomic mass is 35.5. The Labute approximate surface area is 158 Å². The summed E-state index contributed by atoms with van der Waals surface area (Å²) >= 11 is 6.01. The number of nitrogens with zero attached hydrogens (tertiary/aromatic N) is 1. The van der Waals surface area contributed by atoms with E-state index in [-0.39, 0.29) is 11.9 Å². The molecular weight excluding hydrogens is 348 g/mol. The lowest BCUT2D eigenvalue weighted by atomic mass is 9.63. The third kappa shape index (κ3) is 3.36. The number of amides is 1. The Morgan fingerprint density at radius 1 is 1.15 bits per heavy atom. The number of carbonyl (C=O) groups excluding carboxylic acids is 1. The minimum Gasteiger partial charge on any atom is -0.379 e. The summed E-state index contributed by atoms with van der Waals surface area (Å²) in [5, 5.41) is 3.99. The van der Waals surface area contributed by atoms with Gasteiger partial charge in [0.1, 0.15) is 0 Å². The van der Waals surface area contributed by atoms with E-state index in [1.54, 1.807) is 0 Å². The first-order valence-electron chi connectivity index (χ1n) is 9.21. The van der Waals surface area contributed by atoms with E-state index in [1.165, 1.54) is 5.56 Å². The Morgan fingerprint density at radius 3 is 2.54 bits per heavy atom. The van der Waals surface area contributed by atoms with E-state index >= 15 is 0 Å². The molecule has 1 saturated carbocycles. The number of carbonyl (C=O) groups is 1. The molecule has 1 aliphatic carbocycles. The second-order valence-corrected chi connectivity index (χ2v) is 7.82. The van der Waals surface area contributed by atoms with Crippen molar-refractivity contribution in [3.63, 3.8) is 0 Å². The van der Waals surface area contributed by atoms with Gasteiger partial charge < -0.3 is 10.1 Å². The molecule has 1 aromatic heterocycles. The second-order valence-electron chi connectivity index (χ2n) is 7.38. The normalized spacial score (nSPS) is 24.0. The first kappa shape index (κ1) is 17.5. The van der Waals surface area contributed by atoms with Crippen LogP contribution in [-0.4, -0.2) is 30.1 Å². The zero-order valence-corrected chi connectivity index (χ0v) is 15.4. The third-order valence-electron chi connectivity index (χ3n) is 5.80. The molecule has 0 unspecified atom stereocenters. The predicted molar refractivity (Wildman–Crippen MR) is 101 cm³/mol. The highest BCUT2D eigenvalue weighted by Crippen LogP contribution is 2.44. The lowest BCUT2D eigenvalue weighted by molar-refractivity contribution is -0.131. The molecule has 1 aliphatic heterocycles. The maximum atomic E-state index is 13.2. The largest absolute Gasteiger partial charge is 0.379 e. The van der Waals surface area contributed by atoms with Crippen molar-refractivity contribution >= 4 is 17.5 Å². The fourth-order valence-corrected chi connectivity index (χ4v) is 4.16. The van der Waals surface area contributed by atoms with Crippen LogP contribution in [0.1, 0.15) is 30.4 Å². The van der Waals surface area contributed by atoms with E-state index in [9.17, 15) is 4.79 Å². The lowest BCUT2D eigenvalue weighted by Crippen LogP contribution is -2.53. The summed E-state index contributed by atoms with van der Waals surface area (Å²) in [5.74, 6) is 0.421. The van der Waals surface area contributed by atoms with Gasteiger partial charge in [-0.15, -0.1) is 0 Å². The molecule has 26 heavy (non-hydrogen) atoms. The standard InChI is InChI=1S/C21H23ClN2O2/c22-18-4-2-17(3-5-18)21(8-1-9-21)20(25)24-19-14-26-13-16(19)12-15-6-10-23-11-7-15/h2-7,10-11,16,19H,1,8-9,12-14H2,(H,24,25)/t16-,19-/m1/s1. The summed E-state index contributed by atoms with van der Waals surface area (Å²) in [6.45, 7) is 1.26. The Morgan fingerprint density at radius 2 is 1.88 bits per heavy atom. The fraction of sp³-hybridized carbons (Fsp3) is 0.429. The average molecular weight is 371 g/mol. The molecule has 2 atom stereocenters. The second kappa shape index (κ2) is 7.37. The maximum Gasteiger partial charge on any atom is 0.230 e. The summed E-state index contributed by atoms with van der Waals surface area (Å²) in [4.78, 5) is 17.2. The topological polar surface area (TPSA) is 51.2 Å². The number of aromatic nitrogens is 1. The molecule has 1 aromatic carbocycles. The minimum absolute atomic E-state index is 0.0560.